The molecule has 0 aliphatic carbocycles. The van der Waals surface area contributed by atoms with Gasteiger partial charge in [-0.2, -0.15) is 4.98 Å². The zero-order chi connectivity index (χ0) is 11.0. The van der Waals surface area contributed by atoms with Gasteiger partial charge in [0.2, 0.25) is 5.95 Å². The molecule has 0 amide bonds. The highest BCUT2D eigenvalue weighted by molar-refractivity contribution is 5.96. The van der Waals surface area contributed by atoms with Crippen LogP contribution in [0, 0.1) is 0 Å². The summed E-state index contributed by atoms with van der Waals surface area (Å²) < 4.78 is 0. The molecular formula is C11H11N5. The molecule has 0 spiro atoms. The third-order valence-corrected chi connectivity index (χ3v) is 2.56. The monoisotopic (exact) mass is 213 g/mol. The number of para-hydroxylation sites is 1. The number of hydrogen-bond donors (Lipinski definition) is 1. The van der Waals surface area contributed by atoms with Crippen molar-refractivity contribution in [3.05, 3.63) is 24.3 Å². The molecule has 80 valence electrons. The van der Waals surface area contributed by atoms with E-state index in [1.54, 1.807) is 6.34 Å². The Bertz CT molecular complexity index is 563. The predicted octanol–water partition coefficient (Wildman–Crippen LogP) is 1.06. The number of benzene rings is 1. The van der Waals surface area contributed by atoms with E-state index in [2.05, 4.69) is 15.0 Å². The molecule has 1 aromatic carbocycles. The van der Waals surface area contributed by atoms with E-state index < -0.39 is 0 Å². The first kappa shape index (κ1) is 9.08. The second-order valence-corrected chi connectivity index (χ2v) is 3.64. The fourth-order valence-corrected chi connectivity index (χ4v) is 1.84. The minimum atomic E-state index is 0.300. The lowest BCUT2D eigenvalue weighted by atomic mass is 10.2. The summed E-state index contributed by atoms with van der Waals surface area (Å²) in [6.07, 6.45) is 1.80. The highest BCUT2D eigenvalue weighted by Gasteiger charge is 2.14. The largest absolute Gasteiger partial charge is 0.368 e. The molecule has 5 heteroatoms. The van der Waals surface area contributed by atoms with Gasteiger partial charge >= 0.3 is 0 Å². The number of aliphatic imine (C=N–C) groups is 1. The van der Waals surface area contributed by atoms with E-state index in [1.807, 2.05) is 29.2 Å². The van der Waals surface area contributed by atoms with Crippen LogP contribution in [0.4, 0.5) is 11.8 Å². The van der Waals surface area contributed by atoms with Crippen LogP contribution in [0.15, 0.2) is 29.3 Å². The summed E-state index contributed by atoms with van der Waals surface area (Å²) in [5.74, 6) is 1.14. The van der Waals surface area contributed by atoms with E-state index in [-0.39, 0.29) is 0 Å². The van der Waals surface area contributed by atoms with Gasteiger partial charge in [0.1, 0.15) is 5.82 Å². The maximum Gasteiger partial charge on any atom is 0.222 e. The van der Waals surface area contributed by atoms with Crippen molar-refractivity contribution in [3.63, 3.8) is 0 Å². The molecular weight excluding hydrogens is 202 g/mol. The van der Waals surface area contributed by atoms with E-state index in [0.717, 1.165) is 29.8 Å². The summed E-state index contributed by atoms with van der Waals surface area (Å²) in [5, 5.41) is 1.00. The molecule has 5 nitrogen and oxygen atoms in total. The Morgan fingerprint density at radius 3 is 2.88 bits per heavy atom. The minimum absolute atomic E-state index is 0.300. The number of fused-ring (bicyclic) bond motifs is 1. The van der Waals surface area contributed by atoms with Crippen molar-refractivity contribution >= 4 is 29.0 Å². The van der Waals surface area contributed by atoms with Gasteiger partial charge in [-0.25, -0.2) is 4.98 Å². The number of nitrogen functional groups attached to an aromatic ring is 1. The molecule has 3 rings (SSSR count). The average molecular weight is 213 g/mol. The van der Waals surface area contributed by atoms with Crippen LogP contribution in [-0.4, -0.2) is 29.4 Å². The van der Waals surface area contributed by atoms with E-state index >= 15 is 0 Å². The topological polar surface area (TPSA) is 67.4 Å². The lowest BCUT2D eigenvalue weighted by Gasteiger charge is -2.15. The fraction of sp³-hybridized carbons (Fsp3) is 0.182. The molecule has 2 aromatic rings. The molecule has 16 heavy (non-hydrogen) atoms. The first-order chi connectivity index (χ1) is 7.84. The highest BCUT2D eigenvalue weighted by atomic mass is 15.3. The van der Waals surface area contributed by atoms with Crippen molar-refractivity contribution in [2.75, 3.05) is 23.7 Å². The molecule has 1 aliphatic heterocycles. The number of anilines is 2. The van der Waals surface area contributed by atoms with E-state index in [9.17, 15) is 0 Å². The van der Waals surface area contributed by atoms with Gasteiger partial charge in [0.15, 0.2) is 0 Å². The molecule has 0 atom stereocenters. The third kappa shape index (κ3) is 1.37. The van der Waals surface area contributed by atoms with Crippen molar-refractivity contribution in [2.45, 2.75) is 0 Å². The number of nitrogens with two attached hydrogens (primary N) is 1. The molecule has 0 unspecified atom stereocenters. The number of aromatic nitrogens is 2. The normalized spacial score (nSPS) is 14.9. The Balaban J connectivity index is 2.25. The summed E-state index contributed by atoms with van der Waals surface area (Å²) in [5.41, 5.74) is 6.56. The van der Waals surface area contributed by atoms with Gasteiger partial charge in [-0.3, -0.25) is 4.99 Å². The molecule has 0 fully saturated rings. The lowest BCUT2D eigenvalue weighted by molar-refractivity contribution is 1.00. The zero-order valence-corrected chi connectivity index (χ0v) is 8.67. The molecule has 2 heterocycles. The van der Waals surface area contributed by atoms with Gasteiger partial charge in [0, 0.05) is 11.9 Å². The second-order valence-electron chi connectivity index (χ2n) is 3.64. The SMILES string of the molecule is Nc1nc(N2C=NCC2)c2ccccc2n1. The minimum Gasteiger partial charge on any atom is -0.368 e. The number of rotatable bonds is 1. The van der Waals surface area contributed by atoms with Gasteiger partial charge in [-0.15, -0.1) is 0 Å². The van der Waals surface area contributed by atoms with E-state index in [1.165, 1.54) is 0 Å². The van der Waals surface area contributed by atoms with Crippen LogP contribution in [-0.2, 0) is 0 Å². The average Bonchev–Trinajstić information content (AvgIpc) is 2.81. The Morgan fingerprint density at radius 1 is 1.19 bits per heavy atom. The number of nitrogens with zero attached hydrogens (tertiary/aromatic N) is 4. The lowest BCUT2D eigenvalue weighted by Crippen LogP contribution is -2.20. The molecule has 0 bridgehead atoms. The Labute approximate surface area is 92.6 Å². The van der Waals surface area contributed by atoms with Crippen LogP contribution >= 0.6 is 0 Å². The van der Waals surface area contributed by atoms with Crippen molar-refractivity contribution in [1.82, 2.24) is 9.97 Å². The van der Waals surface area contributed by atoms with Gasteiger partial charge in [0.25, 0.3) is 0 Å². The first-order valence-electron chi connectivity index (χ1n) is 5.13. The van der Waals surface area contributed by atoms with Gasteiger partial charge in [-0.1, -0.05) is 12.1 Å². The second kappa shape index (κ2) is 3.44. The van der Waals surface area contributed by atoms with Crippen LogP contribution in [0.5, 0.6) is 0 Å². The van der Waals surface area contributed by atoms with Gasteiger partial charge in [-0.05, 0) is 12.1 Å². The third-order valence-electron chi connectivity index (χ3n) is 2.56. The standard InChI is InChI=1S/C11H11N5/c12-11-14-9-4-2-1-3-8(9)10(15-11)16-6-5-13-7-16/h1-4,7H,5-6H2,(H2,12,14,15). The fourth-order valence-electron chi connectivity index (χ4n) is 1.84. The Morgan fingerprint density at radius 2 is 2.06 bits per heavy atom. The zero-order valence-electron chi connectivity index (χ0n) is 8.67. The van der Waals surface area contributed by atoms with E-state index in [4.69, 9.17) is 5.73 Å². The van der Waals surface area contributed by atoms with Gasteiger partial charge < -0.3 is 10.6 Å². The molecule has 2 N–H and O–H groups in total. The van der Waals surface area contributed by atoms with Crippen molar-refractivity contribution < 1.29 is 0 Å². The molecule has 1 aliphatic rings. The first-order valence-corrected chi connectivity index (χ1v) is 5.13. The predicted molar refractivity (Wildman–Crippen MR) is 64.7 cm³/mol. The van der Waals surface area contributed by atoms with Crippen LogP contribution in [0.2, 0.25) is 0 Å². The number of hydrogen-bond acceptors (Lipinski definition) is 5. The Kier molecular flexibility index (Phi) is 1.96. The van der Waals surface area contributed by atoms with Gasteiger partial charge in [0.05, 0.1) is 18.4 Å². The molecule has 1 aromatic heterocycles. The van der Waals surface area contributed by atoms with Crippen LogP contribution < -0.4 is 10.6 Å². The van der Waals surface area contributed by atoms with Crippen LogP contribution in [0.25, 0.3) is 10.9 Å². The van der Waals surface area contributed by atoms with Crippen molar-refractivity contribution in [2.24, 2.45) is 4.99 Å². The summed E-state index contributed by atoms with van der Waals surface area (Å²) in [6.45, 7) is 1.65. The smallest absolute Gasteiger partial charge is 0.222 e. The maximum atomic E-state index is 5.70. The van der Waals surface area contributed by atoms with Crippen molar-refractivity contribution in [3.8, 4) is 0 Å². The summed E-state index contributed by atoms with van der Waals surface area (Å²) >= 11 is 0. The molecule has 0 radical (unpaired) electrons. The molecule has 0 saturated heterocycles. The Hall–Kier alpha value is -2.17. The summed E-state index contributed by atoms with van der Waals surface area (Å²) in [4.78, 5) is 14.7. The van der Waals surface area contributed by atoms with Crippen molar-refractivity contribution in [1.29, 1.82) is 0 Å². The van der Waals surface area contributed by atoms with Crippen LogP contribution in [0.1, 0.15) is 0 Å². The quantitative estimate of drug-likeness (QED) is 0.769. The summed E-state index contributed by atoms with van der Waals surface area (Å²) in [6, 6.07) is 7.84. The van der Waals surface area contributed by atoms with Crippen LogP contribution in [0.3, 0.4) is 0 Å². The summed E-state index contributed by atoms with van der Waals surface area (Å²) in [7, 11) is 0. The highest BCUT2D eigenvalue weighted by Crippen LogP contribution is 2.24. The maximum absolute atomic E-state index is 5.70. The van der Waals surface area contributed by atoms with E-state index in [0.29, 0.717) is 5.95 Å². The molecule has 0 saturated carbocycles.